The number of benzene rings is 1. The SMILES string of the molecule is CC(C)(CCCO)CNC(=O)c1n[nH]c2ccccc12. The van der Waals surface area contributed by atoms with Crippen LogP contribution in [0.3, 0.4) is 0 Å². The Morgan fingerprint density at radius 3 is 2.90 bits per heavy atom. The van der Waals surface area contributed by atoms with Crippen molar-refractivity contribution in [1.82, 2.24) is 15.5 Å². The number of fused-ring (bicyclic) bond motifs is 1. The van der Waals surface area contributed by atoms with E-state index < -0.39 is 0 Å². The van der Waals surface area contributed by atoms with Crippen LogP contribution in [0.2, 0.25) is 0 Å². The molecule has 0 saturated heterocycles. The topological polar surface area (TPSA) is 78.0 Å². The molecule has 0 bridgehead atoms. The van der Waals surface area contributed by atoms with Crippen LogP contribution in [0.25, 0.3) is 10.9 Å². The van der Waals surface area contributed by atoms with Gasteiger partial charge in [-0.15, -0.1) is 0 Å². The summed E-state index contributed by atoms with van der Waals surface area (Å²) in [5, 5.41) is 19.6. The lowest BCUT2D eigenvalue weighted by molar-refractivity contribution is 0.0929. The highest BCUT2D eigenvalue weighted by Crippen LogP contribution is 2.21. The zero-order valence-corrected chi connectivity index (χ0v) is 11.9. The minimum atomic E-state index is -0.167. The van der Waals surface area contributed by atoms with Crippen LogP contribution in [0.1, 0.15) is 37.2 Å². The molecule has 1 heterocycles. The number of hydrogen-bond acceptors (Lipinski definition) is 3. The molecule has 0 radical (unpaired) electrons. The van der Waals surface area contributed by atoms with Gasteiger partial charge in [0.25, 0.3) is 5.91 Å². The van der Waals surface area contributed by atoms with Gasteiger partial charge < -0.3 is 10.4 Å². The molecule has 0 aliphatic rings. The molecule has 5 nitrogen and oxygen atoms in total. The molecule has 108 valence electrons. The molecule has 3 N–H and O–H groups in total. The highest BCUT2D eigenvalue weighted by atomic mass is 16.2. The monoisotopic (exact) mass is 275 g/mol. The second-order valence-electron chi connectivity index (χ2n) is 5.79. The molecular weight excluding hydrogens is 254 g/mol. The van der Waals surface area contributed by atoms with Crippen molar-refractivity contribution in [2.45, 2.75) is 26.7 Å². The van der Waals surface area contributed by atoms with E-state index in [4.69, 9.17) is 5.11 Å². The summed E-state index contributed by atoms with van der Waals surface area (Å²) < 4.78 is 0. The van der Waals surface area contributed by atoms with Gasteiger partial charge in [0, 0.05) is 18.5 Å². The minimum Gasteiger partial charge on any atom is -0.396 e. The number of amides is 1. The van der Waals surface area contributed by atoms with Crippen molar-refractivity contribution in [3.8, 4) is 0 Å². The Morgan fingerprint density at radius 1 is 1.40 bits per heavy atom. The summed E-state index contributed by atoms with van der Waals surface area (Å²) in [5.41, 5.74) is 1.25. The number of nitrogens with zero attached hydrogens (tertiary/aromatic N) is 1. The van der Waals surface area contributed by atoms with Gasteiger partial charge in [-0.05, 0) is 24.3 Å². The first-order valence-electron chi connectivity index (χ1n) is 6.86. The quantitative estimate of drug-likeness (QED) is 0.755. The van der Waals surface area contributed by atoms with Crippen LogP contribution >= 0.6 is 0 Å². The fourth-order valence-electron chi connectivity index (χ4n) is 2.19. The molecule has 2 rings (SSSR count). The molecular formula is C15H21N3O2. The molecule has 20 heavy (non-hydrogen) atoms. The predicted molar refractivity (Wildman–Crippen MR) is 78.5 cm³/mol. The number of aliphatic hydroxyl groups excluding tert-OH is 1. The molecule has 5 heteroatoms. The summed E-state index contributed by atoms with van der Waals surface area (Å²) in [7, 11) is 0. The lowest BCUT2D eigenvalue weighted by atomic mass is 9.88. The zero-order valence-electron chi connectivity index (χ0n) is 11.9. The van der Waals surface area contributed by atoms with E-state index >= 15 is 0 Å². The van der Waals surface area contributed by atoms with Gasteiger partial charge in [0.1, 0.15) is 0 Å². The summed E-state index contributed by atoms with van der Waals surface area (Å²) >= 11 is 0. The normalized spacial score (nSPS) is 11.8. The number of hydrogen-bond donors (Lipinski definition) is 3. The van der Waals surface area contributed by atoms with E-state index in [1.54, 1.807) is 0 Å². The molecule has 0 spiro atoms. The maximum Gasteiger partial charge on any atom is 0.272 e. The first kappa shape index (κ1) is 14.5. The molecule has 0 aliphatic heterocycles. The highest BCUT2D eigenvalue weighted by molar-refractivity contribution is 6.04. The molecule has 0 fully saturated rings. The van der Waals surface area contributed by atoms with E-state index in [-0.39, 0.29) is 17.9 Å². The highest BCUT2D eigenvalue weighted by Gasteiger charge is 2.20. The summed E-state index contributed by atoms with van der Waals surface area (Å²) in [4.78, 5) is 12.2. The molecule has 0 aliphatic carbocycles. The van der Waals surface area contributed by atoms with E-state index in [1.807, 2.05) is 24.3 Å². The number of aromatic nitrogens is 2. The Kier molecular flexibility index (Phi) is 4.39. The molecule has 0 saturated carbocycles. The Morgan fingerprint density at radius 2 is 2.15 bits per heavy atom. The number of carbonyl (C=O) groups excluding carboxylic acids is 1. The van der Waals surface area contributed by atoms with E-state index in [9.17, 15) is 4.79 Å². The molecule has 1 aromatic heterocycles. The Labute approximate surface area is 118 Å². The predicted octanol–water partition coefficient (Wildman–Crippen LogP) is 2.09. The number of rotatable bonds is 6. The third kappa shape index (κ3) is 3.36. The Bertz CT molecular complexity index is 590. The number of carbonyl (C=O) groups is 1. The lowest BCUT2D eigenvalue weighted by Gasteiger charge is -2.24. The molecule has 1 amide bonds. The maximum atomic E-state index is 12.2. The van der Waals surface area contributed by atoms with E-state index in [1.165, 1.54) is 0 Å². The second kappa shape index (κ2) is 6.05. The van der Waals surface area contributed by atoms with Gasteiger partial charge in [-0.1, -0.05) is 32.0 Å². The summed E-state index contributed by atoms with van der Waals surface area (Å²) in [6.45, 7) is 4.89. The van der Waals surface area contributed by atoms with Crippen LogP contribution in [-0.2, 0) is 0 Å². The number of aliphatic hydroxyl groups is 1. The lowest BCUT2D eigenvalue weighted by Crippen LogP contribution is -2.34. The smallest absolute Gasteiger partial charge is 0.272 e. The first-order valence-corrected chi connectivity index (χ1v) is 6.86. The minimum absolute atomic E-state index is 0.0372. The van der Waals surface area contributed by atoms with Gasteiger partial charge in [-0.2, -0.15) is 5.10 Å². The van der Waals surface area contributed by atoms with Crippen LogP contribution in [0.4, 0.5) is 0 Å². The summed E-state index contributed by atoms with van der Waals surface area (Å²) in [6.07, 6.45) is 1.61. The average Bonchev–Trinajstić information content (AvgIpc) is 2.87. The van der Waals surface area contributed by atoms with Gasteiger partial charge >= 0.3 is 0 Å². The van der Waals surface area contributed by atoms with Crippen LogP contribution in [0.5, 0.6) is 0 Å². The number of H-pyrrole nitrogens is 1. The largest absolute Gasteiger partial charge is 0.396 e. The van der Waals surface area contributed by atoms with Crippen molar-refractivity contribution < 1.29 is 9.90 Å². The van der Waals surface area contributed by atoms with Gasteiger partial charge in [-0.3, -0.25) is 9.89 Å². The van der Waals surface area contributed by atoms with Crippen molar-refractivity contribution in [3.05, 3.63) is 30.0 Å². The molecule has 2 aromatic rings. The summed E-state index contributed by atoms with van der Waals surface area (Å²) in [5.74, 6) is -0.167. The van der Waals surface area contributed by atoms with Gasteiger partial charge in [0.05, 0.1) is 5.52 Å². The van der Waals surface area contributed by atoms with Crippen molar-refractivity contribution >= 4 is 16.8 Å². The Balaban J connectivity index is 2.02. The molecule has 0 atom stereocenters. The second-order valence-corrected chi connectivity index (χ2v) is 5.79. The van der Waals surface area contributed by atoms with Crippen molar-refractivity contribution in [2.24, 2.45) is 5.41 Å². The van der Waals surface area contributed by atoms with Crippen LogP contribution in [0.15, 0.2) is 24.3 Å². The maximum absolute atomic E-state index is 12.2. The zero-order chi connectivity index (χ0) is 14.6. The van der Waals surface area contributed by atoms with Crippen LogP contribution in [0, 0.1) is 5.41 Å². The van der Waals surface area contributed by atoms with Crippen molar-refractivity contribution in [3.63, 3.8) is 0 Å². The van der Waals surface area contributed by atoms with E-state index in [0.717, 1.165) is 23.7 Å². The van der Waals surface area contributed by atoms with Gasteiger partial charge in [0.2, 0.25) is 0 Å². The third-order valence-corrected chi connectivity index (χ3v) is 3.42. The molecule has 1 aromatic carbocycles. The number of nitrogens with one attached hydrogen (secondary N) is 2. The average molecular weight is 275 g/mol. The van der Waals surface area contributed by atoms with E-state index in [2.05, 4.69) is 29.4 Å². The molecule has 0 unspecified atom stereocenters. The number of aromatic amines is 1. The third-order valence-electron chi connectivity index (χ3n) is 3.42. The fraction of sp³-hybridized carbons (Fsp3) is 0.467. The van der Waals surface area contributed by atoms with Crippen molar-refractivity contribution in [2.75, 3.05) is 13.2 Å². The number of para-hydroxylation sites is 1. The fourth-order valence-corrected chi connectivity index (χ4v) is 2.19. The van der Waals surface area contributed by atoms with E-state index in [0.29, 0.717) is 12.2 Å². The van der Waals surface area contributed by atoms with Crippen LogP contribution in [-0.4, -0.2) is 34.4 Å². The van der Waals surface area contributed by atoms with Gasteiger partial charge in [0.15, 0.2) is 5.69 Å². The van der Waals surface area contributed by atoms with Crippen LogP contribution < -0.4 is 5.32 Å². The van der Waals surface area contributed by atoms with Crippen molar-refractivity contribution in [1.29, 1.82) is 0 Å². The van der Waals surface area contributed by atoms with Gasteiger partial charge in [-0.25, -0.2) is 0 Å². The first-order chi connectivity index (χ1) is 9.53. The standard InChI is InChI=1S/C15H21N3O2/c1-15(2,8-5-9-19)10-16-14(20)13-11-6-3-4-7-12(11)17-18-13/h3-4,6-7,19H,5,8-10H2,1-2H3,(H,16,20)(H,17,18). The Hall–Kier alpha value is -1.88. The summed E-state index contributed by atoms with van der Waals surface area (Å²) in [6, 6.07) is 7.56.